The molecule has 3 rings (SSSR count). The second kappa shape index (κ2) is 7.82. The van der Waals surface area contributed by atoms with Crippen LogP contribution in [0, 0.1) is 17.2 Å². The fraction of sp³-hybridized carbons (Fsp3) is 0.556. The van der Waals surface area contributed by atoms with Gasteiger partial charge in [-0.15, -0.1) is 0 Å². The lowest BCUT2D eigenvalue weighted by Gasteiger charge is -2.30. The first kappa shape index (κ1) is 17.0. The van der Waals surface area contributed by atoms with Crippen molar-refractivity contribution < 1.29 is 4.74 Å². The van der Waals surface area contributed by atoms with Crippen LogP contribution in [0.25, 0.3) is 11.0 Å². The van der Waals surface area contributed by atoms with E-state index >= 15 is 0 Å². The Morgan fingerprint density at radius 1 is 1.38 bits per heavy atom. The predicted molar refractivity (Wildman–Crippen MR) is 99.9 cm³/mol. The van der Waals surface area contributed by atoms with E-state index in [1.165, 1.54) is 6.04 Å². The summed E-state index contributed by atoms with van der Waals surface area (Å²) < 4.78 is 7.86. The molecule has 1 aliphatic rings. The van der Waals surface area contributed by atoms with Crippen LogP contribution in [0.4, 0.5) is 5.69 Å². The zero-order valence-electron chi connectivity index (χ0n) is 14.6. The van der Waals surface area contributed by atoms with Gasteiger partial charge in [0, 0.05) is 46.0 Å². The van der Waals surface area contributed by atoms with Crippen molar-refractivity contribution >= 4 is 25.5 Å². The molecular weight excluding hydrogens is 316 g/mol. The van der Waals surface area contributed by atoms with Crippen LogP contribution in [-0.2, 0) is 11.5 Å². The number of ether oxygens (including phenoxy) is 1. The van der Waals surface area contributed by atoms with Gasteiger partial charge in [-0.25, -0.2) is 4.98 Å². The molecule has 0 amide bonds. The van der Waals surface area contributed by atoms with Gasteiger partial charge >= 0.3 is 0 Å². The Morgan fingerprint density at radius 3 is 2.88 bits per heavy atom. The second-order valence-corrected chi connectivity index (χ2v) is 10.4. The minimum atomic E-state index is -0.537. The van der Waals surface area contributed by atoms with Crippen molar-refractivity contribution in [2.24, 2.45) is 5.92 Å². The molecule has 3 heterocycles. The Bertz CT molecular complexity index is 713. The number of nitrogens with zero attached hydrogens (tertiary/aromatic N) is 4. The summed E-state index contributed by atoms with van der Waals surface area (Å²) in [5.74, 6) is 0.213. The van der Waals surface area contributed by atoms with Crippen LogP contribution in [0.2, 0.25) is 19.1 Å². The van der Waals surface area contributed by atoms with Crippen LogP contribution in [0.1, 0.15) is 12.8 Å². The Balaban J connectivity index is 1.64. The van der Waals surface area contributed by atoms with Crippen molar-refractivity contribution in [1.82, 2.24) is 9.55 Å². The third kappa shape index (κ3) is 3.97. The number of aromatic nitrogens is 2. The molecule has 1 fully saturated rings. The molecule has 2 aromatic rings. The summed E-state index contributed by atoms with van der Waals surface area (Å²) in [6.45, 7) is 7.98. The zero-order chi connectivity index (χ0) is 16.9. The van der Waals surface area contributed by atoms with Crippen molar-refractivity contribution in [3.8, 4) is 6.07 Å². The molecule has 1 saturated heterocycles. The maximum atomic E-state index is 9.02. The largest absolute Gasteiger partial charge is 0.370 e. The van der Waals surface area contributed by atoms with Crippen LogP contribution in [0.15, 0.2) is 24.5 Å². The molecule has 24 heavy (non-hydrogen) atoms. The fourth-order valence-corrected chi connectivity index (χ4v) is 3.73. The number of pyridine rings is 1. The SMILES string of the molecule is C[SiH](C)CCOCn1ccc2cc(N3CCC(C#N)CC3)cnc21. The quantitative estimate of drug-likeness (QED) is 0.597. The van der Waals surface area contributed by atoms with Gasteiger partial charge in [0.05, 0.1) is 18.0 Å². The van der Waals surface area contributed by atoms with Gasteiger partial charge in [-0.1, -0.05) is 13.1 Å². The van der Waals surface area contributed by atoms with Gasteiger partial charge in [0.15, 0.2) is 0 Å². The number of fused-ring (bicyclic) bond motifs is 1. The zero-order valence-corrected chi connectivity index (χ0v) is 15.8. The van der Waals surface area contributed by atoms with Crippen molar-refractivity contribution in [2.45, 2.75) is 38.7 Å². The Hall–Kier alpha value is -1.84. The van der Waals surface area contributed by atoms with Gasteiger partial charge in [0.25, 0.3) is 0 Å². The van der Waals surface area contributed by atoms with Gasteiger partial charge < -0.3 is 14.2 Å². The molecule has 0 unspecified atom stereocenters. The molecule has 0 saturated carbocycles. The Morgan fingerprint density at radius 2 is 2.17 bits per heavy atom. The number of hydrogen-bond acceptors (Lipinski definition) is 4. The Kier molecular flexibility index (Phi) is 5.54. The highest BCUT2D eigenvalue weighted by atomic mass is 28.3. The van der Waals surface area contributed by atoms with Gasteiger partial charge in [0.1, 0.15) is 12.4 Å². The molecule has 0 bridgehead atoms. The van der Waals surface area contributed by atoms with Crippen molar-refractivity contribution in [3.63, 3.8) is 0 Å². The normalized spacial score (nSPS) is 16.0. The monoisotopic (exact) mass is 342 g/mol. The minimum Gasteiger partial charge on any atom is -0.370 e. The Labute approximate surface area is 145 Å². The molecule has 0 radical (unpaired) electrons. The molecule has 0 spiro atoms. The molecule has 128 valence electrons. The highest BCUT2D eigenvalue weighted by Crippen LogP contribution is 2.25. The molecule has 0 aliphatic carbocycles. The number of rotatable bonds is 6. The van der Waals surface area contributed by atoms with E-state index in [4.69, 9.17) is 10.00 Å². The third-order valence-corrected chi connectivity index (χ3v) is 6.09. The lowest BCUT2D eigenvalue weighted by molar-refractivity contribution is 0.0902. The highest BCUT2D eigenvalue weighted by molar-refractivity contribution is 6.55. The summed E-state index contributed by atoms with van der Waals surface area (Å²) in [7, 11) is -0.537. The average Bonchev–Trinajstić information content (AvgIpc) is 3.01. The summed E-state index contributed by atoms with van der Waals surface area (Å²) in [6.07, 6.45) is 5.90. The number of hydrogen-bond donors (Lipinski definition) is 0. The molecule has 0 aromatic carbocycles. The predicted octanol–water partition coefficient (Wildman–Crippen LogP) is 3.24. The van der Waals surface area contributed by atoms with Gasteiger partial charge in [0.2, 0.25) is 0 Å². The summed E-state index contributed by atoms with van der Waals surface area (Å²) in [5.41, 5.74) is 2.14. The van der Waals surface area contributed by atoms with Crippen molar-refractivity contribution in [1.29, 1.82) is 5.26 Å². The average molecular weight is 343 g/mol. The summed E-state index contributed by atoms with van der Waals surface area (Å²) in [6, 6.07) is 7.91. The number of nitriles is 1. The lowest BCUT2D eigenvalue weighted by Crippen LogP contribution is -2.33. The number of anilines is 1. The van der Waals surface area contributed by atoms with Crippen LogP contribution in [0.3, 0.4) is 0 Å². The van der Waals surface area contributed by atoms with Crippen molar-refractivity contribution in [2.75, 3.05) is 24.6 Å². The van der Waals surface area contributed by atoms with Gasteiger partial charge in [-0.3, -0.25) is 0 Å². The summed E-state index contributed by atoms with van der Waals surface area (Å²) in [5, 5.41) is 10.2. The van der Waals surface area contributed by atoms with E-state index in [2.05, 4.69) is 51.9 Å². The second-order valence-electron chi connectivity index (χ2n) is 7.00. The number of piperidine rings is 1. The van der Waals surface area contributed by atoms with E-state index in [0.29, 0.717) is 6.73 Å². The maximum Gasteiger partial charge on any atom is 0.141 e. The molecule has 6 heteroatoms. The molecule has 2 aromatic heterocycles. The maximum absolute atomic E-state index is 9.02. The standard InChI is InChI=1S/C18H26N4OSi/c1-24(2)10-9-23-14-22-8-5-16-11-17(13-20-18(16)22)21-6-3-15(12-19)4-7-21/h5,8,11,13,15,24H,3-4,6-7,9-10,14H2,1-2H3. The molecule has 1 aliphatic heterocycles. The summed E-state index contributed by atoms with van der Waals surface area (Å²) >= 11 is 0. The highest BCUT2D eigenvalue weighted by Gasteiger charge is 2.19. The summed E-state index contributed by atoms with van der Waals surface area (Å²) in [4.78, 5) is 6.99. The molecule has 0 N–H and O–H groups in total. The first-order valence-corrected chi connectivity index (χ1v) is 12.0. The van der Waals surface area contributed by atoms with Crippen LogP contribution < -0.4 is 4.90 Å². The van der Waals surface area contributed by atoms with Gasteiger partial charge in [-0.2, -0.15) is 5.26 Å². The molecule has 0 atom stereocenters. The molecular formula is C18H26N4OSi. The van der Waals surface area contributed by atoms with E-state index in [1.54, 1.807) is 0 Å². The minimum absolute atomic E-state index is 0.213. The van der Waals surface area contributed by atoms with Crippen molar-refractivity contribution in [3.05, 3.63) is 24.5 Å². The topological polar surface area (TPSA) is 54.1 Å². The smallest absolute Gasteiger partial charge is 0.141 e. The fourth-order valence-electron chi connectivity index (χ4n) is 3.09. The van der Waals surface area contributed by atoms with Crippen LogP contribution >= 0.6 is 0 Å². The van der Waals surface area contributed by atoms with E-state index < -0.39 is 8.80 Å². The van der Waals surface area contributed by atoms with Crippen LogP contribution in [0.5, 0.6) is 0 Å². The lowest BCUT2D eigenvalue weighted by atomic mass is 9.98. The first-order valence-electron chi connectivity index (χ1n) is 8.84. The van der Waals surface area contributed by atoms with E-state index in [9.17, 15) is 0 Å². The third-order valence-electron chi connectivity index (χ3n) is 4.70. The van der Waals surface area contributed by atoms with Gasteiger partial charge in [-0.05, 0) is 31.0 Å². The van der Waals surface area contributed by atoms with Crippen LogP contribution in [-0.4, -0.2) is 38.0 Å². The first-order chi connectivity index (χ1) is 11.7. The van der Waals surface area contributed by atoms with E-state index in [-0.39, 0.29) is 5.92 Å². The van der Waals surface area contributed by atoms with E-state index in [0.717, 1.165) is 49.3 Å². The van der Waals surface area contributed by atoms with E-state index in [1.807, 2.05) is 6.20 Å². The molecule has 5 nitrogen and oxygen atoms in total.